The number of aliphatic carboxylic acids is 1. The summed E-state index contributed by atoms with van der Waals surface area (Å²) in [5, 5.41) is 38.1. The molecule has 0 aliphatic carbocycles. The Hall–Kier alpha value is -3.38. The summed E-state index contributed by atoms with van der Waals surface area (Å²) in [6, 6.07) is 13.7. The van der Waals surface area contributed by atoms with Crippen molar-refractivity contribution < 1.29 is 39.3 Å². The fraction of sp³-hybridized carbons (Fsp3) is 0.417. The number of ether oxygens (including phenoxy) is 2. The Kier molecular flexibility index (Phi) is 12.0. The van der Waals surface area contributed by atoms with Gasteiger partial charge in [0.2, 0.25) is 0 Å². The third-order valence-corrected chi connectivity index (χ3v) is 5.08. The molecule has 11 heteroatoms. The molecule has 11 nitrogen and oxygen atoms in total. The van der Waals surface area contributed by atoms with Crippen molar-refractivity contribution in [3.63, 3.8) is 0 Å². The van der Waals surface area contributed by atoms with Crippen LogP contribution in [-0.4, -0.2) is 57.0 Å². The van der Waals surface area contributed by atoms with E-state index in [-0.39, 0.29) is 25.5 Å². The van der Waals surface area contributed by atoms with E-state index in [1.807, 2.05) is 18.2 Å². The predicted octanol–water partition coefficient (Wildman–Crippen LogP) is 2.19. The summed E-state index contributed by atoms with van der Waals surface area (Å²) in [5.41, 5.74) is 4.62. The fourth-order valence-electron chi connectivity index (χ4n) is 3.01. The number of hydrogen-bond acceptors (Lipinski definition) is 9. The summed E-state index contributed by atoms with van der Waals surface area (Å²) >= 11 is 0. The van der Waals surface area contributed by atoms with Crippen LogP contribution in [0.25, 0.3) is 0 Å². The Bertz CT molecular complexity index is 951. The number of carboxylic acids is 1. The predicted molar refractivity (Wildman–Crippen MR) is 126 cm³/mol. The summed E-state index contributed by atoms with van der Waals surface area (Å²) in [5.74, 6) is -2.75. The van der Waals surface area contributed by atoms with Gasteiger partial charge in [-0.2, -0.15) is 0 Å². The molecule has 0 amide bonds. The van der Waals surface area contributed by atoms with Gasteiger partial charge in [0.05, 0.1) is 36.9 Å². The van der Waals surface area contributed by atoms with Crippen molar-refractivity contribution in [3.05, 3.63) is 75.8 Å². The molecule has 0 radical (unpaired) electrons. The summed E-state index contributed by atoms with van der Waals surface area (Å²) in [6.45, 7) is 4.66. The number of non-ortho nitro benzene ring substituents is 1. The van der Waals surface area contributed by atoms with Crippen LogP contribution in [0.3, 0.4) is 0 Å². The van der Waals surface area contributed by atoms with Gasteiger partial charge >= 0.3 is 11.9 Å². The second kappa shape index (κ2) is 14.1. The van der Waals surface area contributed by atoms with Crippen LogP contribution in [-0.2, 0) is 25.7 Å². The Labute approximate surface area is 203 Å². The van der Waals surface area contributed by atoms with E-state index in [0.29, 0.717) is 5.56 Å². The first-order valence-electron chi connectivity index (χ1n) is 10.9. The molecule has 0 spiro atoms. The Morgan fingerprint density at radius 1 is 1.11 bits per heavy atom. The van der Waals surface area contributed by atoms with E-state index in [2.05, 4.69) is 0 Å². The van der Waals surface area contributed by atoms with Gasteiger partial charge in [0, 0.05) is 18.1 Å². The van der Waals surface area contributed by atoms with Crippen LogP contribution in [0.15, 0.2) is 54.6 Å². The van der Waals surface area contributed by atoms with Crippen LogP contribution >= 0.6 is 0 Å². The number of nitro benzene ring substituents is 1. The average molecular weight is 493 g/mol. The van der Waals surface area contributed by atoms with Crippen molar-refractivity contribution in [2.24, 2.45) is 11.7 Å². The number of esters is 1. The van der Waals surface area contributed by atoms with E-state index >= 15 is 0 Å². The largest absolute Gasteiger partial charge is 0.479 e. The van der Waals surface area contributed by atoms with E-state index in [9.17, 15) is 29.9 Å². The highest BCUT2D eigenvalue weighted by Crippen LogP contribution is 2.26. The molecule has 5 N–H and O–H groups in total. The number of benzene rings is 2. The van der Waals surface area contributed by atoms with E-state index in [1.54, 1.807) is 32.9 Å². The molecule has 192 valence electrons. The third kappa shape index (κ3) is 8.11. The maximum Gasteiger partial charge on any atom is 0.350 e. The minimum atomic E-state index is -1.98. The SMILES string of the molecule is CCOC(=O)C(OCc1ccccc1)(C(=O)O)C(C)C.NC(CO)C(O)c1ccc([N+](=O)[O-])cc1. The lowest BCUT2D eigenvalue weighted by Gasteiger charge is -2.30. The number of carbonyl (C=O) groups is 2. The average Bonchev–Trinajstić information content (AvgIpc) is 2.84. The molecule has 2 aromatic carbocycles. The van der Waals surface area contributed by atoms with Gasteiger partial charge in [0.1, 0.15) is 0 Å². The molecule has 2 rings (SSSR count). The molecule has 0 saturated heterocycles. The zero-order valence-corrected chi connectivity index (χ0v) is 19.9. The Balaban J connectivity index is 0.000000365. The number of aliphatic hydroxyl groups is 2. The summed E-state index contributed by atoms with van der Waals surface area (Å²) in [6.07, 6.45) is -1.02. The van der Waals surface area contributed by atoms with Crippen molar-refractivity contribution in [3.8, 4) is 0 Å². The molecule has 35 heavy (non-hydrogen) atoms. The van der Waals surface area contributed by atoms with E-state index in [0.717, 1.165) is 5.56 Å². The molecule has 0 fully saturated rings. The van der Waals surface area contributed by atoms with Crippen molar-refractivity contribution in [1.82, 2.24) is 0 Å². The first-order valence-corrected chi connectivity index (χ1v) is 10.9. The van der Waals surface area contributed by atoms with Gasteiger partial charge in [0.15, 0.2) is 0 Å². The van der Waals surface area contributed by atoms with Gasteiger partial charge in [-0.25, -0.2) is 9.59 Å². The number of nitrogens with zero attached hydrogens (tertiary/aromatic N) is 1. The molecule has 3 unspecified atom stereocenters. The van der Waals surface area contributed by atoms with Gasteiger partial charge in [-0.3, -0.25) is 10.1 Å². The number of hydrogen-bond donors (Lipinski definition) is 4. The van der Waals surface area contributed by atoms with Gasteiger partial charge in [-0.15, -0.1) is 0 Å². The summed E-state index contributed by atoms with van der Waals surface area (Å²) in [4.78, 5) is 33.4. The highest BCUT2D eigenvalue weighted by molar-refractivity contribution is 6.03. The van der Waals surface area contributed by atoms with Crippen molar-refractivity contribution in [2.75, 3.05) is 13.2 Å². The van der Waals surface area contributed by atoms with E-state index in [1.165, 1.54) is 24.3 Å². The second-order valence-electron chi connectivity index (χ2n) is 7.83. The molecule has 0 saturated carbocycles. The molecule has 0 aliphatic heterocycles. The summed E-state index contributed by atoms with van der Waals surface area (Å²) < 4.78 is 10.4. The Morgan fingerprint density at radius 3 is 2.11 bits per heavy atom. The topological polar surface area (TPSA) is 182 Å². The highest BCUT2D eigenvalue weighted by Gasteiger charge is 2.52. The number of carboxylic acid groups (broad SMARTS) is 1. The second-order valence-corrected chi connectivity index (χ2v) is 7.83. The smallest absolute Gasteiger partial charge is 0.350 e. The standard InChI is InChI=1S/C15H20O5.C9H12N2O4/c1-4-19-14(18)15(11(2)3,13(16)17)20-10-12-8-6-5-7-9-12;10-8(5-12)9(13)6-1-3-7(4-2-6)11(14)15/h5-9,11H,4,10H2,1-3H3,(H,16,17);1-4,8-9,12-13H,5,10H2. The number of carbonyl (C=O) groups excluding carboxylic acids is 1. The van der Waals surface area contributed by atoms with Crippen LogP contribution < -0.4 is 5.73 Å². The minimum Gasteiger partial charge on any atom is -0.479 e. The van der Waals surface area contributed by atoms with E-state index in [4.69, 9.17) is 20.3 Å². The van der Waals surface area contributed by atoms with Crippen molar-refractivity contribution in [1.29, 1.82) is 0 Å². The lowest BCUT2D eigenvalue weighted by molar-refractivity contribution is -0.384. The van der Waals surface area contributed by atoms with Crippen LogP contribution in [0.2, 0.25) is 0 Å². The van der Waals surface area contributed by atoms with Crippen molar-refractivity contribution >= 4 is 17.6 Å². The van der Waals surface area contributed by atoms with Crippen molar-refractivity contribution in [2.45, 2.75) is 45.1 Å². The van der Waals surface area contributed by atoms with Crippen LogP contribution in [0.4, 0.5) is 5.69 Å². The van der Waals surface area contributed by atoms with Gasteiger partial charge in [0.25, 0.3) is 11.3 Å². The van der Waals surface area contributed by atoms with Gasteiger partial charge in [-0.05, 0) is 30.2 Å². The first kappa shape index (κ1) is 29.7. The van der Waals surface area contributed by atoms with Crippen LogP contribution in [0, 0.1) is 16.0 Å². The molecule has 0 aliphatic rings. The molecule has 3 atom stereocenters. The minimum absolute atomic E-state index is 0.0319. The molecular formula is C24H32N2O9. The molecule has 0 aromatic heterocycles. The zero-order chi connectivity index (χ0) is 26.6. The monoisotopic (exact) mass is 492 g/mol. The Morgan fingerprint density at radius 2 is 1.69 bits per heavy atom. The number of aliphatic hydroxyl groups excluding tert-OH is 2. The van der Waals surface area contributed by atoms with Gasteiger partial charge in [-0.1, -0.05) is 44.2 Å². The number of nitro groups is 1. The lowest BCUT2D eigenvalue weighted by atomic mass is 9.90. The van der Waals surface area contributed by atoms with Gasteiger partial charge < -0.3 is 30.5 Å². The zero-order valence-electron chi connectivity index (χ0n) is 19.9. The molecule has 0 bridgehead atoms. The fourth-order valence-corrected chi connectivity index (χ4v) is 3.01. The third-order valence-electron chi connectivity index (χ3n) is 5.08. The maximum absolute atomic E-state index is 12.0. The molecule has 0 heterocycles. The van der Waals surface area contributed by atoms with Crippen LogP contribution in [0.5, 0.6) is 0 Å². The quantitative estimate of drug-likeness (QED) is 0.157. The normalized spacial score (nSPS) is 14.1. The molecule has 2 aromatic rings. The summed E-state index contributed by atoms with van der Waals surface area (Å²) in [7, 11) is 0. The lowest BCUT2D eigenvalue weighted by Crippen LogP contribution is -2.54. The number of rotatable bonds is 11. The number of nitrogens with two attached hydrogens (primary N) is 1. The first-order chi connectivity index (χ1) is 16.5. The molecular weight excluding hydrogens is 460 g/mol. The highest BCUT2D eigenvalue weighted by atomic mass is 16.6. The van der Waals surface area contributed by atoms with E-state index < -0.39 is 40.5 Å². The maximum atomic E-state index is 12.0. The van der Waals surface area contributed by atoms with Crippen LogP contribution in [0.1, 0.15) is 38.0 Å².